The average molecular weight is 486 g/mol. The maximum atomic E-state index is 13.2. The molecule has 2 aromatic heterocycles. The van der Waals surface area contributed by atoms with E-state index < -0.39 is 11.6 Å². The predicted molar refractivity (Wildman–Crippen MR) is 104 cm³/mol. The number of piperidine rings is 1. The summed E-state index contributed by atoms with van der Waals surface area (Å²) < 4.78 is 12.8. The van der Waals surface area contributed by atoms with Crippen LogP contribution in [0.15, 0.2) is 35.0 Å². The lowest BCUT2D eigenvalue weighted by atomic mass is 9.94. The highest BCUT2D eigenvalue weighted by molar-refractivity contribution is 7.12. The molecule has 2 bridgehead atoms. The molecule has 0 radical (unpaired) electrons. The van der Waals surface area contributed by atoms with E-state index in [1.54, 1.807) is 12.1 Å². The summed E-state index contributed by atoms with van der Waals surface area (Å²) in [6.45, 7) is 3.30. The van der Waals surface area contributed by atoms with Gasteiger partial charge in [-0.25, -0.2) is 4.79 Å². The average Bonchev–Trinajstić information content (AvgIpc) is 3.05. The zero-order chi connectivity index (χ0) is 18.8. The molecule has 5 heterocycles. The minimum Gasteiger partial charge on any atom is -1.00 e. The first-order chi connectivity index (χ1) is 13.0. The Bertz CT molecular complexity index is 788. The molecule has 8 heteroatoms. The van der Waals surface area contributed by atoms with Crippen molar-refractivity contribution in [3.8, 4) is 0 Å². The molecule has 2 aromatic rings. The smallest absolute Gasteiger partial charge is 0.349 e. The van der Waals surface area contributed by atoms with Gasteiger partial charge in [0.15, 0.2) is 0 Å². The van der Waals surface area contributed by atoms with Gasteiger partial charge in [-0.2, -0.15) is 0 Å². The van der Waals surface area contributed by atoms with Crippen LogP contribution in [0, 0.1) is 0 Å². The Morgan fingerprint density at radius 1 is 1.21 bits per heavy atom. The number of halogens is 1. The molecule has 3 fully saturated rings. The monoisotopic (exact) mass is 485 g/mol. The Morgan fingerprint density at radius 3 is 2.18 bits per heavy atom. The van der Waals surface area contributed by atoms with Crippen LogP contribution >= 0.6 is 22.7 Å². The molecule has 0 spiro atoms. The first kappa shape index (κ1) is 20.5. The van der Waals surface area contributed by atoms with Crippen LogP contribution in [0.1, 0.15) is 29.5 Å². The van der Waals surface area contributed by atoms with Crippen molar-refractivity contribution in [2.75, 3.05) is 13.6 Å². The van der Waals surface area contributed by atoms with E-state index in [1.165, 1.54) is 22.7 Å². The van der Waals surface area contributed by atoms with Gasteiger partial charge in [0.1, 0.15) is 30.4 Å². The number of hydrogen-bond donors (Lipinski definition) is 1. The second-order valence-electron chi connectivity index (χ2n) is 8.03. The van der Waals surface area contributed by atoms with Gasteiger partial charge in [0.2, 0.25) is 5.60 Å². The highest BCUT2D eigenvalue weighted by Gasteiger charge is 2.71. The number of ether oxygens (including phenoxy) is 2. The minimum absolute atomic E-state index is 0. The third-order valence-corrected chi connectivity index (χ3v) is 8.81. The number of fused-ring (bicyclic) bond motifs is 5. The van der Waals surface area contributed by atoms with E-state index in [9.17, 15) is 9.90 Å². The normalized spacial score (nSPS) is 35.8. The lowest BCUT2D eigenvalue weighted by Gasteiger charge is -2.47. The van der Waals surface area contributed by atoms with Crippen LogP contribution in [0.2, 0.25) is 0 Å². The molecule has 28 heavy (non-hydrogen) atoms. The van der Waals surface area contributed by atoms with E-state index >= 15 is 0 Å². The highest BCUT2D eigenvalue weighted by Crippen LogP contribution is 2.52. The molecule has 2 unspecified atom stereocenters. The first-order valence-electron chi connectivity index (χ1n) is 9.50. The number of carbonyl (C=O) groups excluding carboxylic acids is 1. The van der Waals surface area contributed by atoms with Crippen LogP contribution < -0.4 is 17.0 Å². The minimum atomic E-state index is -1.72. The number of epoxide rings is 1. The van der Waals surface area contributed by atoms with Crippen molar-refractivity contribution in [1.82, 2.24) is 0 Å². The quantitative estimate of drug-likeness (QED) is 0.360. The van der Waals surface area contributed by atoms with Crippen molar-refractivity contribution in [3.05, 3.63) is 44.8 Å². The van der Waals surface area contributed by atoms with Crippen molar-refractivity contribution < 1.29 is 40.8 Å². The largest absolute Gasteiger partial charge is 1.00 e. The molecular formula is C20H24BrNO4S2. The van der Waals surface area contributed by atoms with E-state index in [4.69, 9.17) is 9.47 Å². The maximum Gasteiger partial charge on any atom is 0.349 e. The van der Waals surface area contributed by atoms with E-state index in [0.717, 1.165) is 23.9 Å². The summed E-state index contributed by atoms with van der Waals surface area (Å²) >= 11 is 2.75. The molecule has 5 nitrogen and oxygen atoms in total. The van der Waals surface area contributed by atoms with Gasteiger partial charge in [-0.3, -0.25) is 0 Å². The highest BCUT2D eigenvalue weighted by atomic mass is 79.9. The number of esters is 1. The molecule has 152 valence electrons. The standard InChI is InChI=1S/C20H24NO4S2.BrH/c1-3-21(2)13-10-12(11-14(21)18-17(13)25-18)24-19(22)20(23,15-6-4-8-26-15)16-7-5-9-27-16;/h4-9,12-14,17-18,23H,3,10-11H2,1-2H3;1H/q+1;/p-1/t12?,13-,14+,17-,18+,21?;. The number of hydrogen-bond acceptors (Lipinski definition) is 6. The third kappa shape index (κ3) is 2.84. The molecule has 0 aliphatic carbocycles. The summed E-state index contributed by atoms with van der Waals surface area (Å²) in [5.41, 5.74) is -1.72. The fourth-order valence-electron chi connectivity index (χ4n) is 5.15. The second-order valence-corrected chi connectivity index (χ2v) is 9.92. The zero-order valence-corrected chi connectivity index (χ0v) is 19.0. The van der Waals surface area contributed by atoms with Crippen molar-refractivity contribution in [3.63, 3.8) is 0 Å². The number of nitrogens with zero attached hydrogens (tertiary/aromatic N) is 1. The Labute approximate surface area is 183 Å². The van der Waals surface area contributed by atoms with E-state index in [1.807, 2.05) is 22.9 Å². The third-order valence-electron chi connectivity index (χ3n) is 6.85. The molecule has 0 amide bonds. The molecule has 0 saturated carbocycles. The SMILES string of the molecule is CC[N+]1(C)[C@@H]2CC(OC(=O)C(O)(c3cccs3)c3cccs3)C[C@H]1[C@@H]1O[C@@H]12.[Br-]. The number of likely N-dealkylation sites (N-methyl/N-ethyl adjacent to an activating group) is 1. The molecular weight excluding hydrogens is 462 g/mol. The van der Waals surface area contributed by atoms with Gasteiger partial charge in [0, 0.05) is 12.8 Å². The summed E-state index contributed by atoms with van der Waals surface area (Å²) in [5, 5.41) is 15.1. The molecule has 3 aliphatic rings. The van der Waals surface area contributed by atoms with Crippen LogP contribution in [-0.4, -0.2) is 59.5 Å². The lowest BCUT2D eigenvalue weighted by molar-refractivity contribution is -0.954. The Morgan fingerprint density at radius 2 is 1.75 bits per heavy atom. The van der Waals surface area contributed by atoms with Crippen LogP contribution in [0.4, 0.5) is 0 Å². The summed E-state index contributed by atoms with van der Waals surface area (Å²) in [6.07, 6.45) is 2.08. The molecule has 6 atom stereocenters. The summed E-state index contributed by atoms with van der Waals surface area (Å²) in [5.74, 6) is -0.556. The maximum absolute atomic E-state index is 13.2. The van der Waals surface area contributed by atoms with Gasteiger partial charge in [-0.1, -0.05) is 12.1 Å². The molecule has 5 rings (SSSR count). The molecule has 3 saturated heterocycles. The van der Waals surface area contributed by atoms with Crippen LogP contribution in [0.5, 0.6) is 0 Å². The van der Waals surface area contributed by atoms with Crippen LogP contribution in [-0.2, 0) is 19.9 Å². The van der Waals surface area contributed by atoms with Crippen molar-refractivity contribution in [2.24, 2.45) is 0 Å². The molecule has 3 aliphatic heterocycles. The Hall–Kier alpha value is -0.770. The first-order valence-corrected chi connectivity index (χ1v) is 11.3. The second kappa shape index (κ2) is 7.18. The fourth-order valence-corrected chi connectivity index (χ4v) is 6.86. The van der Waals surface area contributed by atoms with Crippen LogP contribution in [0.3, 0.4) is 0 Å². The van der Waals surface area contributed by atoms with E-state index in [0.29, 0.717) is 34.0 Å². The van der Waals surface area contributed by atoms with Gasteiger partial charge in [-0.15, -0.1) is 22.7 Å². The number of carbonyl (C=O) groups is 1. The van der Waals surface area contributed by atoms with E-state index in [2.05, 4.69) is 14.0 Å². The van der Waals surface area contributed by atoms with Crippen molar-refractivity contribution >= 4 is 28.6 Å². The predicted octanol–water partition coefficient (Wildman–Crippen LogP) is -0.260. The topological polar surface area (TPSA) is 59.1 Å². The number of quaternary nitrogens is 1. The van der Waals surface area contributed by atoms with Crippen molar-refractivity contribution in [1.29, 1.82) is 0 Å². The summed E-state index contributed by atoms with van der Waals surface area (Å²) in [6, 6.07) is 8.05. The number of rotatable bonds is 5. The van der Waals surface area contributed by atoms with Gasteiger partial charge >= 0.3 is 5.97 Å². The van der Waals surface area contributed by atoms with Gasteiger partial charge in [0.05, 0.1) is 23.3 Å². The fraction of sp³-hybridized carbons (Fsp3) is 0.550. The molecule has 0 aromatic carbocycles. The Balaban J connectivity index is 0.00000192. The van der Waals surface area contributed by atoms with E-state index in [-0.39, 0.29) is 23.1 Å². The van der Waals surface area contributed by atoms with Gasteiger partial charge < -0.3 is 36.0 Å². The summed E-state index contributed by atoms with van der Waals surface area (Å²) in [7, 11) is 2.30. The number of morpholine rings is 1. The van der Waals surface area contributed by atoms with Gasteiger partial charge in [0.25, 0.3) is 0 Å². The Kier molecular flexibility index (Phi) is 5.26. The van der Waals surface area contributed by atoms with Crippen molar-refractivity contribution in [2.45, 2.75) is 55.8 Å². The van der Waals surface area contributed by atoms with Crippen LogP contribution in [0.25, 0.3) is 0 Å². The zero-order valence-electron chi connectivity index (χ0n) is 15.8. The molecule has 1 N–H and O–H groups in total. The summed E-state index contributed by atoms with van der Waals surface area (Å²) in [4.78, 5) is 14.4. The number of aliphatic hydroxyl groups is 1. The lowest BCUT2D eigenvalue weighted by Crippen LogP contribution is -3.00. The van der Waals surface area contributed by atoms with Gasteiger partial charge in [-0.05, 0) is 29.8 Å². The number of thiophene rings is 2.